The van der Waals surface area contributed by atoms with Crippen molar-refractivity contribution in [2.24, 2.45) is 11.8 Å². The molecule has 2 aromatic rings. The number of hydrogen-bond acceptors (Lipinski definition) is 8. The van der Waals surface area contributed by atoms with E-state index in [9.17, 15) is 18.0 Å². The van der Waals surface area contributed by atoms with Gasteiger partial charge < -0.3 is 14.4 Å². The van der Waals surface area contributed by atoms with Crippen molar-refractivity contribution >= 4 is 17.1 Å². The van der Waals surface area contributed by atoms with Crippen molar-refractivity contribution in [2.45, 2.75) is 64.5 Å². The summed E-state index contributed by atoms with van der Waals surface area (Å²) in [5, 5.41) is 0.122. The van der Waals surface area contributed by atoms with Crippen LogP contribution < -0.4 is 9.47 Å². The van der Waals surface area contributed by atoms with E-state index in [1.54, 1.807) is 19.3 Å². The lowest BCUT2D eigenvalue weighted by Crippen LogP contribution is -2.30. The number of carbonyl (C=O) groups excluding carboxylic acids is 1. The maximum absolute atomic E-state index is 12.4. The Hall–Kier alpha value is -2.27. The quantitative estimate of drug-likeness (QED) is 0.439. The fourth-order valence-corrected chi connectivity index (χ4v) is 5.85. The van der Waals surface area contributed by atoms with Crippen LogP contribution >= 0.6 is 11.3 Å². The average molecular weight is 527 g/mol. The van der Waals surface area contributed by atoms with Crippen LogP contribution in [0.2, 0.25) is 0 Å². The van der Waals surface area contributed by atoms with Gasteiger partial charge in [0.15, 0.2) is 18.1 Å². The van der Waals surface area contributed by atoms with Gasteiger partial charge in [-0.3, -0.25) is 4.79 Å². The molecule has 0 spiro atoms. The zero-order chi connectivity index (χ0) is 25.5. The highest BCUT2D eigenvalue weighted by Crippen LogP contribution is 2.34. The van der Waals surface area contributed by atoms with Crippen LogP contribution in [0.5, 0.6) is 10.9 Å². The summed E-state index contributed by atoms with van der Waals surface area (Å²) in [6, 6.07) is 0. The van der Waals surface area contributed by atoms with Gasteiger partial charge in [0.1, 0.15) is 12.4 Å². The van der Waals surface area contributed by atoms with E-state index in [1.807, 2.05) is 0 Å². The molecule has 2 aliphatic rings. The van der Waals surface area contributed by atoms with Crippen LogP contribution in [0.3, 0.4) is 0 Å². The third-order valence-electron chi connectivity index (χ3n) is 6.93. The number of aromatic nitrogens is 3. The highest BCUT2D eigenvalue weighted by molar-refractivity contribution is 7.13. The van der Waals surface area contributed by atoms with Crippen molar-refractivity contribution < 1.29 is 27.4 Å². The lowest BCUT2D eigenvalue weighted by atomic mass is 9.78. The molecule has 0 aromatic carbocycles. The molecule has 1 aliphatic carbocycles. The maximum atomic E-state index is 12.4. The van der Waals surface area contributed by atoms with Gasteiger partial charge in [-0.15, -0.1) is 0 Å². The van der Waals surface area contributed by atoms with Gasteiger partial charge in [0.05, 0.1) is 18.1 Å². The summed E-state index contributed by atoms with van der Waals surface area (Å²) in [6.45, 7) is 3.35. The summed E-state index contributed by atoms with van der Waals surface area (Å²) >= 11 is 1.24. The minimum atomic E-state index is -4.35. The Balaban J connectivity index is 1.11. The number of hydrogen-bond donors (Lipinski definition) is 0. The Kier molecular flexibility index (Phi) is 9.16. The van der Waals surface area contributed by atoms with Gasteiger partial charge in [-0.05, 0) is 51.0 Å². The van der Waals surface area contributed by atoms with E-state index in [2.05, 4.69) is 19.9 Å². The fraction of sp³-hybridized carbons (Fsp3) is 0.680. The first-order chi connectivity index (χ1) is 17.2. The van der Waals surface area contributed by atoms with Gasteiger partial charge in [-0.25, -0.2) is 15.0 Å². The predicted molar refractivity (Wildman–Crippen MR) is 129 cm³/mol. The van der Waals surface area contributed by atoms with E-state index in [4.69, 9.17) is 9.47 Å². The molecule has 0 saturated heterocycles. The summed E-state index contributed by atoms with van der Waals surface area (Å²) < 4.78 is 47.5. The number of ether oxygens (including phenoxy) is 2. The molecule has 1 aliphatic heterocycles. The number of fused-ring (bicyclic) bond motifs is 1. The summed E-state index contributed by atoms with van der Waals surface area (Å²) in [4.78, 5) is 28.2. The van der Waals surface area contributed by atoms with Crippen molar-refractivity contribution in [3.05, 3.63) is 28.8 Å². The Labute approximate surface area is 213 Å². The number of alkyl halides is 3. The number of rotatable bonds is 10. The molecule has 7 nitrogen and oxygen atoms in total. The molecule has 0 amide bonds. The summed E-state index contributed by atoms with van der Waals surface area (Å²) in [5.41, 5.74) is 0.878. The van der Waals surface area contributed by atoms with E-state index < -0.39 is 12.8 Å². The van der Waals surface area contributed by atoms with Gasteiger partial charge in [0.25, 0.3) is 5.19 Å². The molecule has 198 valence electrons. The van der Waals surface area contributed by atoms with Crippen LogP contribution in [0.25, 0.3) is 0 Å². The molecule has 1 fully saturated rings. The van der Waals surface area contributed by atoms with E-state index in [-0.39, 0.29) is 17.6 Å². The predicted octanol–water partition coefficient (Wildman–Crippen LogP) is 4.82. The first-order valence-electron chi connectivity index (χ1n) is 12.6. The van der Waals surface area contributed by atoms with E-state index in [1.165, 1.54) is 11.3 Å². The van der Waals surface area contributed by atoms with Crippen molar-refractivity contribution in [1.29, 1.82) is 0 Å². The molecule has 0 radical (unpaired) electrons. The molecule has 0 N–H and O–H groups in total. The number of aryl methyl sites for hydroxylation is 1. The lowest BCUT2D eigenvalue weighted by molar-refractivity contribution is -0.153. The Bertz CT molecular complexity index is 966. The van der Waals surface area contributed by atoms with E-state index >= 15 is 0 Å². The molecule has 2 aromatic heterocycles. The average Bonchev–Trinajstić information content (AvgIpc) is 3.15. The summed E-state index contributed by atoms with van der Waals surface area (Å²) in [5.74, 6) is 2.42. The zero-order valence-electron chi connectivity index (χ0n) is 20.6. The molecular formula is C25H33F3N4O3S. The van der Waals surface area contributed by atoms with Gasteiger partial charge >= 0.3 is 6.18 Å². The molecule has 0 unspecified atom stereocenters. The van der Waals surface area contributed by atoms with Crippen LogP contribution in [-0.4, -0.2) is 64.7 Å². The topological polar surface area (TPSA) is 77.4 Å². The molecular weight excluding hydrogens is 493 g/mol. The second-order valence-electron chi connectivity index (χ2n) is 9.77. The highest BCUT2D eigenvalue weighted by atomic mass is 32.1. The number of carbonyl (C=O) groups is 1. The number of ketones is 1. The number of thiazole rings is 1. The molecule has 4 rings (SSSR count). The molecule has 0 atom stereocenters. The minimum Gasteiger partial charge on any atom is -0.483 e. The molecule has 36 heavy (non-hydrogen) atoms. The fourth-order valence-electron chi connectivity index (χ4n) is 4.90. The van der Waals surface area contributed by atoms with Crippen molar-refractivity contribution in [3.63, 3.8) is 0 Å². The van der Waals surface area contributed by atoms with Gasteiger partial charge in [0, 0.05) is 30.8 Å². The molecule has 1 saturated carbocycles. The normalized spacial score (nSPS) is 21.0. The minimum absolute atomic E-state index is 0.0671. The van der Waals surface area contributed by atoms with Crippen LogP contribution in [0, 0.1) is 18.8 Å². The van der Waals surface area contributed by atoms with E-state index in [0.717, 1.165) is 75.2 Å². The summed E-state index contributed by atoms with van der Waals surface area (Å²) in [7, 11) is 0. The van der Waals surface area contributed by atoms with E-state index in [0.29, 0.717) is 29.8 Å². The van der Waals surface area contributed by atoms with Gasteiger partial charge in [-0.2, -0.15) is 13.2 Å². The van der Waals surface area contributed by atoms with Crippen LogP contribution in [0.4, 0.5) is 13.2 Å². The smallest absolute Gasteiger partial charge is 0.422 e. The van der Waals surface area contributed by atoms with Crippen molar-refractivity contribution in [1.82, 2.24) is 19.9 Å². The standard InChI is InChI=1S/C25H33F3N4O3S/c1-17-29-13-21(14-30-17)34-15-20(33)12-19-4-2-18(3-5-19)6-9-32-10-7-22-23(8-11-32)36-24(31-22)35-16-25(26,27)28/h13-14,18-19H,2-12,15-16H2,1H3. The largest absolute Gasteiger partial charge is 0.483 e. The molecule has 3 heterocycles. The third kappa shape index (κ3) is 8.40. The Morgan fingerprint density at radius 1 is 1.08 bits per heavy atom. The monoisotopic (exact) mass is 526 g/mol. The third-order valence-corrected chi connectivity index (χ3v) is 8.00. The van der Waals surface area contributed by atoms with Crippen LogP contribution in [-0.2, 0) is 17.6 Å². The Morgan fingerprint density at radius 3 is 2.50 bits per heavy atom. The number of Topliss-reactive ketones (excluding diaryl/α,β-unsaturated/α-hetero) is 1. The highest BCUT2D eigenvalue weighted by Gasteiger charge is 2.30. The molecule has 11 heteroatoms. The number of halogens is 3. The number of nitrogens with zero attached hydrogens (tertiary/aromatic N) is 4. The van der Waals surface area contributed by atoms with Crippen LogP contribution in [0.1, 0.15) is 54.9 Å². The second kappa shape index (κ2) is 12.3. The SMILES string of the molecule is Cc1ncc(OCC(=O)CC2CCC(CCN3CCc4nc(OCC(F)(F)F)sc4CC3)CC2)cn1. The van der Waals surface area contributed by atoms with Crippen LogP contribution in [0.15, 0.2) is 12.4 Å². The first kappa shape index (κ1) is 26.8. The second-order valence-corrected chi connectivity index (χ2v) is 10.8. The van der Waals surface area contributed by atoms with Gasteiger partial charge in [-0.1, -0.05) is 24.2 Å². The molecule has 0 bridgehead atoms. The Morgan fingerprint density at radius 2 is 1.78 bits per heavy atom. The lowest BCUT2D eigenvalue weighted by Gasteiger charge is -2.30. The van der Waals surface area contributed by atoms with Gasteiger partial charge in [0.2, 0.25) is 0 Å². The van der Waals surface area contributed by atoms with Crippen molar-refractivity contribution in [2.75, 3.05) is 32.8 Å². The van der Waals surface area contributed by atoms with Crippen molar-refractivity contribution in [3.8, 4) is 10.9 Å². The summed E-state index contributed by atoms with van der Waals surface area (Å²) in [6.07, 6.45) is 6.52. The zero-order valence-corrected chi connectivity index (χ0v) is 21.4. The maximum Gasteiger partial charge on any atom is 0.422 e. The first-order valence-corrected chi connectivity index (χ1v) is 13.4.